The number of benzene rings is 1. The number of hydrogen-bond donors (Lipinski definition) is 0. The lowest BCUT2D eigenvalue weighted by Crippen LogP contribution is -2.20. The summed E-state index contributed by atoms with van der Waals surface area (Å²) in [5.74, 6) is 1.55. The van der Waals surface area contributed by atoms with Crippen molar-refractivity contribution in [3.8, 4) is 11.8 Å². The van der Waals surface area contributed by atoms with E-state index in [1.54, 1.807) is 7.11 Å². The molecule has 0 aliphatic rings. The Bertz CT molecular complexity index is 689. The highest BCUT2D eigenvalue weighted by Crippen LogP contribution is 2.25. The lowest BCUT2D eigenvalue weighted by atomic mass is 10.1. The largest absolute Gasteiger partial charge is 0.496 e. The maximum absolute atomic E-state index is 9.36. The lowest BCUT2D eigenvalue weighted by Gasteiger charge is -2.22. The molecule has 0 atom stereocenters. The van der Waals surface area contributed by atoms with Crippen LogP contribution in [0.2, 0.25) is 0 Å². The Kier molecular flexibility index (Phi) is 4.44. The third-order valence-corrected chi connectivity index (χ3v) is 3.40. The number of methoxy groups -OCH3 is 1. The molecule has 0 aliphatic heterocycles. The highest BCUT2D eigenvalue weighted by molar-refractivity contribution is 5.58. The van der Waals surface area contributed by atoms with E-state index < -0.39 is 0 Å². The van der Waals surface area contributed by atoms with E-state index in [9.17, 15) is 5.26 Å². The standard InChI is InChI=1S/C17H19N3O/c1-12-9-13(2)19-17(15(12)10-18)20(3)11-14-7-5-6-8-16(14)21-4/h5-9H,11H2,1-4H3. The minimum absolute atomic E-state index is 0.623. The van der Waals surface area contributed by atoms with Gasteiger partial charge in [-0.2, -0.15) is 5.26 Å². The molecule has 0 bridgehead atoms. The number of nitrogens with zero attached hydrogens (tertiary/aromatic N) is 3. The van der Waals surface area contributed by atoms with Crippen LogP contribution in [0.15, 0.2) is 30.3 Å². The van der Waals surface area contributed by atoms with Crippen LogP contribution in [0.4, 0.5) is 5.82 Å². The van der Waals surface area contributed by atoms with Crippen LogP contribution in [-0.2, 0) is 6.54 Å². The summed E-state index contributed by atoms with van der Waals surface area (Å²) < 4.78 is 5.37. The molecule has 0 unspecified atom stereocenters. The van der Waals surface area contributed by atoms with Gasteiger partial charge in [-0.05, 0) is 31.5 Å². The molecule has 4 heteroatoms. The van der Waals surface area contributed by atoms with Crippen molar-refractivity contribution >= 4 is 5.82 Å². The number of nitriles is 1. The second kappa shape index (κ2) is 6.27. The van der Waals surface area contributed by atoms with Crippen molar-refractivity contribution in [1.29, 1.82) is 5.26 Å². The molecule has 1 aromatic carbocycles. The maximum atomic E-state index is 9.36. The molecule has 1 heterocycles. The molecule has 1 aromatic heterocycles. The van der Waals surface area contributed by atoms with E-state index >= 15 is 0 Å². The van der Waals surface area contributed by atoms with Crippen LogP contribution < -0.4 is 9.64 Å². The van der Waals surface area contributed by atoms with Crippen molar-refractivity contribution in [2.75, 3.05) is 19.1 Å². The summed E-state index contributed by atoms with van der Waals surface area (Å²) in [5, 5.41) is 9.36. The Morgan fingerprint density at radius 3 is 2.67 bits per heavy atom. The quantitative estimate of drug-likeness (QED) is 0.863. The fraction of sp³-hybridized carbons (Fsp3) is 0.294. The first kappa shape index (κ1) is 14.9. The van der Waals surface area contributed by atoms with E-state index in [1.807, 2.05) is 56.1 Å². The van der Waals surface area contributed by atoms with Crippen LogP contribution in [0.1, 0.15) is 22.4 Å². The van der Waals surface area contributed by atoms with Gasteiger partial charge in [0.05, 0.1) is 12.7 Å². The van der Waals surface area contributed by atoms with E-state index in [2.05, 4.69) is 11.1 Å². The minimum atomic E-state index is 0.623. The molecule has 2 rings (SSSR count). The molecule has 0 saturated carbocycles. The molecular formula is C17H19N3O. The van der Waals surface area contributed by atoms with Crippen LogP contribution in [0.3, 0.4) is 0 Å². The van der Waals surface area contributed by atoms with Crippen molar-refractivity contribution in [3.05, 3.63) is 52.7 Å². The average molecular weight is 281 g/mol. The van der Waals surface area contributed by atoms with Crippen LogP contribution in [-0.4, -0.2) is 19.1 Å². The van der Waals surface area contributed by atoms with Gasteiger partial charge in [0, 0.05) is 24.8 Å². The van der Waals surface area contributed by atoms with Gasteiger partial charge in [0.25, 0.3) is 0 Å². The predicted octanol–water partition coefficient (Wildman–Crippen LogP) is 3.22. The summed E-state index contributed by atoms with van der Waals surface area (Å²) in [6, 6.07) is 12.1. The SMILES string of the molecule is COc1ccccc1CN(C)c1nc(C)cc(C)c1C#N. The first-order valence-electron chi connectivity index (χ1n) is 6.78. The van der Waals surface area contributed by atoms with Gasteiger partial charge >= 0.3 is 0 Å². The fourth-order valence-corrected chi connectivity index (χ4v) is 2.40. The van der Waals surface area contributed by atoms with Gasteiger partial charge in [-0.1, -0.05) is 18.2 Å². The first-order valence-corrected chi connectivity index (χ1v) is 6.78. The molecule has 2 aromatic rings. The third-order valence-electron chi connectivity index (χ3n) is 3.40. The number of para-hydroxylation sites is 1. The summed E-state index contributed by atoms with van der Waals surface area (Å²) in [7, 11) is 3.60. The second-order valence-corrected chi connectivity index (χ2v) is 5.06. The van der Waals surface area contributed by atoms with Gasteiger partial charge in [0.2, 0.25) is 0 Å². The van der Waals surface area contributed by atoms with Crippen LogP contribution in [0, 0.1) is 25.2 Å². The molecule has 0 fully saturated rings. The number of aryl methyl sites for hydroxylation is 2. The minimum Gasteiger partial charge on any atom is -0.496 e. The number of aromatic nitrogens is 1. The van der Waals surface area contributed by atoms with Gasteiger partial charge in [-0.3, -0.25) is 0 Å². The number of ether oxygens (including phenoxy) is 1. The molecule has 0 saturated heterocycles. The zero-order valence-electron chi connectivity index (χ0n) is 12.8. The van der Waals surface area contributed by atoms with Crippen molar-refractivity contribution in [3.63, 3.8) is 0 Å². The van der Waals surface area contributed by atoms with E-state index in [-0.39, 0.29) is 0 Å². The Labute approximate surface area is 125 Å². The van der Waals surface area contributed by atoms with Gasteiger partial charge in [-0.15, -0.1) is 0 Å². The monoisotopic (exact) mass is 281 g/mol. The van der Waals surface area contributed by atoms with Crippen molar-refractivity contribution < 1.29 is 4.74 Å². The zero-order chi connectivity index (χ0) is 15.4. The van der Waals surface area contributed by atoms with Crippen LogP contribution >= 0.6 is 0 Å². The van der Waals surface area contributed by atoms with E-state index in [0.717, 1.165) is 22.6 Å². The van der Waals surface area contributed by atoms with Crippen LogP contribution in [0.25, 0.3) is 0 Å². The van der Waals surface area contributed by atoms with Crippen molar-refractivity contribution in [2.45, 2.75) is 20.4 Å². The smallest absolute Gasteiger partial charge is 0.147 e. The normalized spacial score (nSPS) is 10.0. The highest BCUT2D eigenvalue weighted by atomic mass is 16.5. The number of anilines is 1. The average Bonchev–Trinajstić information content (AvgIpc) is 2.47. The van der Waals surface area contributed by atoms with Gasteiger partial charge in [-0.25, -0.2) is 4.98 Å². The predicted molar refractivity (Wildman–Crippen MR) is 83.5 cm³/mol. The maximum Gasteiger partial charge on any atom is 0.147 e. The van der Waals surface area contributed by atoms with Crippen molar-refractivity contribution in [2.24, 2.45) is 0 Å². The zero-order valence-corrected chi connectivity index (χ0v) is 12.8. The number of hydrogen-bond acceptors (Lipinski definition) is 4. The van der Waals surface area contributed by atoms with Gasteiger partial charge < -0.3 is 9.64 Å². The molecule has 0 radical (unpaired) electrons. The Hall–Kier alpha value is -2.54. The second-order valence-electron chi connectivity index (χ2n) is 5.06. The van der Waals surface area contributed by atoms with E-state index in [4.69, 9.17) is 4.74 Å². The van der Waals surface area contributed by atoms with Gasteiger partial charge in [0.15, 0.2) is 0 Å². The molecule has 0 amide bonds. The topological polar surface area (TPSA) is 49.1 Å². The molecule has 0 aliphatic carbocycles. The first-order chi connectivity index (χ1) is 10.1. The number of rotatable bonds is 4. The van der Waals surface area contributed by atoms with Gasteiger partial charge in [0.1, 0.15) is 17.6 Å². The molecular weight excluding hydrogens is 262 g/mol. The summed E-state index contributed by atoms with van der Waals surface area (Å²) in [4.78, 5) is 6.50. The van der Waals surface area contributed by atoms with Crippen molar-refractivity contribution in [1.82, 2.24) is 4.98 Å². The highest BCUT2D eigenvalue weighted by Gasteiger charge is 2.14. The molecule has 0 N–H and O–H groups in total. The van der Waals surface area contributed by atoms with Crippen LogP contribution in [0.5, 0.6) is 5.75 Å². The fourth-order valence-electron chi connectivity index (χ4n) is 2.40. The lowest BCUT2D eigenvalue weighted by molar-refractivity contribution is 0.409. The Morgan fingerprint density at radius 1 is 1.29 bits per heavy atom. The summed E-state index contributed by atoms with van der Waals surface area (Å²) >= 11 is 0. The summed E-state index contributed by atoms with van der Waals surface area (Å²) in [6.07, 6.45) is 0. The van der Waals surface area contributed by atoms with E-state index in [0.29, 0.717) is 17.9 Å². The molecule has 108 valence electrons. The van der Waals surface area contributed by atoms with E-state index in [1.165, 1.54) is 0 Å². The molecule has 0 spiro atoms. The summed E-state index contributed by atoms with van der Waals surface area (Å²) in [5.41, 5.74) is 3.55. The third kappa shape index (κ3) is 3.14. The Balaban J connectivity index is 2.37. The number of pyridine rings is 1. The molecule has 4 nitrogen and oxygen atoms in total. The molecule has 21 heavy (non-hydrogen) atoms. The Morgan fingerprint density at radius 2 is 2.00 bits per heavy atom. The summed E-state index contributed by atoms with van der Waals surface area (Å²) in [6.45, 7) is 4.51.